The number of nitrogens with zero attached hydrogens (tertiary/aromatic N) is 1. The average molecular weight is 349 g/mol. The zero-order valence-electron chi connectivity index (χ0n) is 12.2. The number of nitrogens with one attached hydrogen (secondary N) is 1. The maximum absolute atomic E-state index is 12.5. The number of hydrogen-bond donors (Lipinski definition) is 1. The van der Waals surface area contributed by atoms with E-state index in [9.17, 15) is 22.8 Å². The summed E-state index contributed by atoms with van der Waals surface area (Å²) in [6.07, 6.45) is -3.24. The van der Waals surface area contributed by atoms with E-state index in [-0.39, 0.29) is 23.4 Å². The van der Waals surface area contributed by atoms with Gasteiger partial charge >= 0.3 is 6.18 Å². The number of amides is 2. The van der Waals surface area contributed by atoms with Gasteiger partial charge in [-0.25, -0.2) is 0 Å². The number of halogens is 4. The smallest absolute Gasteiger partial charge is 0.349 e. The van der Waals surface area contributed by atoms with Crippen molar-refractivity contribution in [3.63, 3.8) is 0 Å². The van der Waals surface area contributed by atoms with Gasteiger partial charge < -0.3 is 10.2 Å². The molecule has 1 heterocycles. The lowest BCUT2D eigenvalue weighted by Crippen LogP contribution is -2.46. The zero-order valence-corrected chi connectivity index (χ0v) is 13.0. The van der Waals surface area contributed by atoms with Crippen LogP contribution in [0.15, 0.2) is 24.3 Å². The predicted molar refractivity (Wildman–Crippen MR) is 79.2 cm³/mol. The Morgan fingerprint density at radius 2 is 1.74 bits per heavy atom. The van der Waals surface area contributed by atoms with E-state index in [1.165, 1.54) is 0 Å². The first-order valence-electron chi connectivity index (χ1n) is 7.13. The summed E-state index contributed by atoms with van der Waals surface area (Å²) in [7, 11) is 0. The highest BCUT2D eigenvalue weighted by atomic mass is 35.5. The molecule has 0 aromatic heterocycles. The Bertz CT molecular complexity index is 567. The van der Waals surface area contributed by atoms with Gasteiger partial charge in [0.25, 0.3) is 5.91 Å². The lowest BCUT2D eigenvalue weighted by atomic mass is 10.0. The van der Waals surface area contributed by atoms with Crippen molar-refractivity contribution >= 4 is 23.4 Å². The van der Waals surface area contributed by atoms with Crippen LogP contribution in [0.3, 0.4) is 0 Å². The molecule has 1 aromatic rings. The predicted octanol–water partition coefficient (Wildman–Crippen LogP) is 2.67. The van der Waals surface area contributed by atoms with Crippen LogP contribution in [0.25, 0.3) is 0 Å². The first kappa shape index (κ1) is 17.6. The fourth-order valence-electron chi connectivity index (χ4n) is 2.44. The quantitative estimate of drug-likeness (QED) is 0.854. The minimum Gasteiger partial charge on any atom is -0.349 e. The van der Waals surface area contributed by atoms with E-state index in [0.717, 1.165) is 24.3 Å². The second kappa shape index (κ2) is 7.21. The summed E-state index contributed by atoms with van der Waals surface area (Å²) < 4.78 is 37.4. The van der Waals surface area contributed by atoms with Crippen LogP contribution in [-0.2, 0) is 11.0 Å². The average Bonchev–Trinajstić information content (AvgIpc) is 2.54. The molecular formula is C15H16ClF3N2O2. The van der Waals surface area contributed by atoms with Crippen LogP contribution in [-0.4, -0.2) is 41.7 Å². The first-order chi connectivity index (χ1) is 10.8. The van der Waals surface area contributed by atoms with Crippen LogP contribution in [0.4, 0.5) is 13.2 Å². The van der Waals surface area contributed by atoms with E-state index in [1.54, 1.807) is 4.90 Å². The van der Waals surface area contributed by atoms with Gasteiger partial charge in [-0.05, 0) is 37.1 Å². The molecule has 4 nitrogen and oxygen atoms in total. The highest BCUT2D eigenvalue weighted by molar-refractivity contribution is 6.27. The molecule has 0 atom stereocenters. The number of benzene rings is 1. The maximum atomic E-state index is 12.5. The van der Waals surface area contributed by atoms with Gasteiger partial charge in [0.1, 0.15) is 5.88 Å². The number of alkyl halides is 4. The van der Waals surface area contributed by atoms with Crippen LogP contribution in [0.5, 0.6) is 0 Å². The second-order valence-electron chi connectivity index (χ2n) is 5.34. The third-order valence-electron chi connectivity index (χ3n) is 3.77. The Kier molecular flexibility index (Phi) is 5.51. The van der Waals surface area contributed by atoms with Gasteiger partial charge in [-0.1, -0.05) is 0 Å². The third kappa shape index (κ3) is 4.60. The van der Waals surface area contributed by atoms with Gasteiger partial charge in [0.2, 0.25) is 5.91 Å². The summed E-state index contributed by atoms with van der Waals surface area (Å²) >= 11 is 5.49. The van der Waals surface area contributed by atoms with Gasteiger partial charge in [0, 0.05) is 24.7 Å². The van der Waals surface area contributed by atoms with Crippen LogP contribution >= 0.6 is 11.6 Å². The fraction of sp³-hybridized carbons (Fsp3) is 0.467. The molecule has 1 aliphatic rings. The summed E-state index contributed by atoms with van der Waals surface area (Å²) in [4.78, 5) is 25.1. The van der Waals surface area contributed by atoms with Crippen molar-refractivity contribution in [3.8, 4) is 0 Å². The van der Waals surface area contributed by atoms with Gasteiger partial charge in [0.05, 0.1) is 5.56 Å². The molecule has 126 valence electrons. The van der Waals surface area contributed by atoms with Crippen molar-refractivity contribution in [1.29, 1.82) is 0 Å². The number of likely N-dealkylation sites (tertiary alicyclic amines) is 1. The Balaban J connectivity index is 1.89. The van der Waals surface area contributed by atoms with Gasteiger partial charge in [-0.15, -0.1) is 11.6 Å². The minimum absolute atomic E-state index is 0.0669. The molecule has 23 heavy (non-hydrogen) atoms. The molecule has 1 saturated heterocycles. The molecule has 0 bridgehead atoms. The third-order valence-corrected chi connectivity index (χ3v) is 4.00. The lowest BCUT2D eigenvalue weighted by Gasteiger charge is -2.32. The van der Waals surface area contributed by atoms with E-state index in [4.69, 9.17) is 11.6 Å². The van der Waals surface area contributed by atoms with Gasteiger partial charge in [-0.2, -0.15) is 13.2 Å². The molecule has 0 unspecified atom stereocenters. The summed E-state index contributed by atoms with van der Waals surface area (Å²) in [5, 5.41) is 2.78. The normalized spacial score (nSPS) is 16.3. The van der Waals surface area contributed by atoms with E-state index >= 15 is 0 Å². The summed E-state index contributed by atoms with van der Waals surface area (Å²) in [5.74, 6) is -0.622. The number of carbonyl (C=O) groups excluding carboxylic acids is 2. The van der Waals surface area contributed by atoms with Gasteiger partial charge in [0.15, 0.2) is 0 Å². The first-order valence-corrected chi connectivity index (χ1v) is 7.66. The molecule has 8 heteroatoms. The second-order valence-corrected chi connectivity index (χ2v) is 5.60. The molecule has 1 fully saturated rings. The maximum Gasteiger partial charge on any atom is 0.416 e. The van der Waals surface area contributed by atoms with E-state index in [1.807, 2.05) is 0 Å². The summed E-state index contributed by atoms with van der Waals surface area (Å²) in [5.41, 5.74) is -0.612. The van der Waals surface area contributed by atoms with Crippen LogP contribution in [0, 0.1) is 0 Å². The summed E-state index contributed by atoms with van der Waals surface area (Å²) in [6.45, 7) is 1.01. The molecule has 2 amide bonds. The Labute approximate surface area is 136 Å². The van der Waals surface area contributed by atoms with Crippen molar-refractivity contribution < 1.29 is 22.8 Å². The fourth-order valence-corrected chi connectivity index (χ4v) is 2.61. The van der Waals surface area contributed by atoms with Crippen LogP contribution < -0.4 is 5.32 Å². The Morgan fingerprint density at radius 3 is 2.22 bits per heavy atom. The highest BCUT2D eigenvalue weighted by Crippen LogP contribution is 2.29. The Hall–Kier alpha value is -1.76. The molecule has 2 rings (SSSR count). The molecule has 0 spiro atoms. The SMILES string of the molecule is O=C(NC1CCN(C(=O)CCl)CC1)c1ccc(C(F)(F)F)cc1. The molecule has 1 aliphatic heterocycles. The van der Waals surface area contributed by atoms with Gasteiger partial charge in [-0.3, -0.25) is 9.59 Å². The molecule has 0 saturated carbocycles. The number of piperidine rings is 1. The molecule has 0 aliphatic carbocycles. The molecule has 0 radical (unpaired) electrons. The molecule has 1 N–H and O–H groups in total. The van der Waals surface area contributed by atoms with Crippen LogP contribution in [0.1, 0.15) is 28.8 Å². The van der Waals surface area contributed by atoms with Crippen molar-refractivity contribution in [2.45, 2.75) is 25.1 Å². The van der Waals surface area contributed by atoms with Crippen molar-refractivity contribution in [3.05, 3.63) is 35.4 Å². The van der Waals surface area contributed by atoms with E-state index < -0.39 is 17.6 Å². The zero-order chi connectivity index (χ0) is 17.0. The number of hydrogen-bond acceptors (Lipinski definition) is 2. The molecular weight excluding hydrogens is 333 g/mol. The lowest BCUT2D eigenvalue weighted by molar-refractivity contribution is -0.137. The van der Waals surface area contributed by atoms with Crippen molar-refractivity contribution in [2.24, 2.45) is 0 Å². The van der Waals surface area contributed by atoms with Crippen LogP contribution in [0.2, 0.25) is 0 Å². The summed E-state index contributed by atoms with van der Waals surface area (Å²) in [6, 6.07) is 3.98. The standard InChI is InChI=1S/C15H16ClF3N2O2/c16-9-13(22)21-7-5-12(6-8-21)20-14(23)10-1-3-11(4-2-10)15(17,18)19/h1-4,12H,5-9H2,(H,20,23). The van der Waals surface area contributed by atoms with Crippen molar-refractivity contribution in [1.82, 2.24) is 10.2 Å². The van der Waals surface area contributed by atoms with Crippen molar-refractivity contribution in [2.75, 3.05) is 19.0 Å². The van der Waals surface area contributed by atoms with E-state index in [0.29, 0.717) is 25.9 Å². The van der Waals surface area contributed by atoms with E-state index in [2.05, 4.69) is 5.32 Å². The Morgan fingerprint density at radius 1 is 1.17 bits per heavy atom. The number of rotatable bonds is 3. The number of carbonyl (C=O) groups is 2. The highest BCUT2D eigenvalue weighted by Gasteiger charge is 2.30. The topological polar surface area (TPSA) is 49.4 Å². The minimum atomic E-state index is -4.42. The monoisotopic (exact) mass is 348 g/mol. The molecule has 1 aromatic carbocycles. The largest absolute Gasteiger partial charge is 0.416 e.